The number of amides is 2. The number of carbonyl (C=O) groups excluding carboxylic acids is 2. The van der Waals surface area contributed by atoms with Crippen molar-refractivity contribution in [2.24, 2.45) is 0 Å². The number of aromatic nitrogens is 3. The van der Waals surface area contributed by atoms with E-state index in [0.717, 1.165) is 5.56 Å². The number of nitrogens with zero attached hydrogens (tertiary/aromatic N) is 5. The van der Waals surface area contributed by atoms with E-state index < -0.39 is 27.9 Å². The van der Waals surface area contributed by atoms with E-state index in [1.54, 1.807) is 30.5 Å². The highest BCUT2D eigenvalue weighted by atomic mass is 35.5. The maximum Gasteiger partial charge on any atom is 0.249 e. The summed E-state index contributed by atoms with van der Waals surface area (Å²) in [6.45, 7) is 0.681. The second-order valence-electron chi connectivity index (χ2n) is 9.27. The van der Waals surface area contributed by atoms with Gasteiger partial charge in [0, 0.05) is 42.8 Å². The number of anilines is 1. The summed E-state index contributed by atoms with van der Waals surface area (Å²) < 4.78 is 32.0. The Morgan fingerprint density at radius 3 is 2.39 bits per heavy atom. The zero-order valence-corrected chi connectivity index (χ0v) is 22.0. The van der Waals surface area contributed by atoms with E-state index in [-0.39, 0.29) is 22.9 Å². The number of oxazole rings is 1. The molecule has 2 aliphatic rings. The fourth-order valence-electron chi connectivity index (χ4n) is 4.59. The van der Waals surface area contributed by atoms with E-state index in [4.69, 9.17) is 16.0 Å². The van der Waals surface area contributed by atoms with E-state index >= 15 is 0 Å². The number of alkyl halides is 1. The van der Waals surface area contributed by atoms with Gasteiger partial charge in [0.05, 0.1) is 23.3 Å². The molecule has 2 aromatic heterocycles. The summed E-state index contributed by atoms with van der Waals surface area (Å²) in [4.78, 5) is 40.5. The molecule has 1 unspecified atom stereocenters. The standard InChI is InChI=1S/C25H27ClN6O5S/c26-13-23(33)32(19-3-1-17(2-4-19)22-15-28-16-37-22)24(21-14-27-9-10-29-21)25(34)30-18-7-11-31(12-8-18)38(35,36)20-5-6-20/h1-4,9-10,14-16,18,20,24H,5-8,11-13H2,(H,30,34). The van der Waals surface area contributed by atoms with Gasteiger partial charge in [-0.15, -0.1) is 11.6 Å². The summed E-state index contributed by atoms with van der Waals surface area (Å²) in [5.74, 6) is -0.738. The average Bonchev–Trinajstić information content (AvgIpc) is 3.67. The van der Waals surface area contributed by atoms with Crippen molar-refractivity contribution in [2.45, 2.75) is 43.0 Å². The predicted molar refractivity (Wildman–Crippen MR) is 140 cm³/mol. The molecule has 38 heavy (non-hydrogen) atoms. The second-order valence-corrected chi connectivity index (χ2v) is 11.7. The third kappa shape index (κ3) is 5.57. The summed E-state index contributed by atoms with van der Waals surface area (Å²) in [6, 6.07) is 5.51. The second kappa shape index (κ2) is 11.2. The normalized spacial score (nSPS) is 17.6. The zero-order valence-electron chi connectivity index (χ0n) is 20.4. The van der Waals surface area contributed by atoms with Gasteiger partial charge in [-0.2, -0.15) is 0 Å². The molecule has 11 nitrogen and oxygen atoms in total. The van der Waals surface area contributed by atoms with Gasteiger partial charge in [-0.1, -0.05) is 0 Å². The summed E-state index contributed by atoms with van der Waals surface area (Å²) in [5, 5.41) is 2.75. The topological polar surface area (TPSA) is 139 Å². The third-order valence-electron chi connectivity index (χ3n) is 6.72. The first-order valence-corrected chi connectivity index (χ1v) is 14.3. The Bertz CT molecular complexity index is 1360. The lowest BCUT2D eigenvalue weighted by molar-refractivity contribution is -0.126. The smallest absolute Gasteiger partial charge is 0.249 e. The number of sulfonamides is 1. The van der Waals surface area contributed by atoms with Crippen molar-refractivity contribution >= 4 is 39.1 Å². The van der Waals surface area contributed by atoms with Crippen molar-refractivity contribution in [1.29, 1.82) is 0 Å². The molecule has 0 bridgehead atoms. The zero-order chi connectivity index (χ0) is 26.7. The Hall–Kier alpha value is -3.35. The molecule has 3 aromatic rings. The molecule has 2 fully saturated rings. The summed E-state index contributed by atoms with van der Waals surface area (Å²) >= 11 is 5.98. The monoisotopic (exact) mass is 558 g/mol. The average molecular weight is 559 g/mol. The van der Waals surface area contributed by atoms with E-state index in [1.165, 1.54) is 34.2 Å². The van der Waals surface area contributed by atoms with E-state index in [0.29, 0.717) is 50.2 Å². The molecule has 1 aliphatic carbocycles. The lowest BCUT2D eigenvalue weighted by Gasteiger charge is -2.34. The van der Waals surface area contributed by atoms with Crippen molar-refractivity contribution in [3.8, 4) is 11.3 Å². The highest BCUT2D eigenvalue weighted by molar-refractivity contribution is 7.90. The molecule has 13 heteroatoms. The van der Waals surface area contributed by atoms with E-state index in [2.05, 4.69) is 20.3 Å². The largest absolute Gasteiger partial charge is 0.444 e. The molecule has 0 spiro atoms. The highest BCUT2D eigenvalue weighted by Gasteiger charge is 2.42. The number of hydrogen-bond acceptors (Lipinski definition) is 8. The third-order valence-corrected chi connectivity index (χ3v) is 9.35. The molecule has 1 saturated carbocycles. The van der Waals surface area contributed by atoms with Gasteiger partial charge < -0.3 is 9.73 Å². The first kappa shape index (κ1) is 26.3. The molecule has 200 valence electrons. The number of hydrogen-bond donors (Lipinski definition) is 1. The number of rotatable bonds is 9. The number of nitrogens with one attached hydrogen (secondary N) is 1. The SMILES string of the molecule is O=C(NC1CCN(S(=O)(=O)C2CC2)CC1)C(c1cnccn1)N(C(=O)CCl)c1ccc(-c2cnco2)cc1. The Morgan fingerprint density at radius 1 is 1.08 bits per heavy atom. The van der Waals surface area contributed by atoms with Crippen molar-refractivity contribution in [1.82, 2.24) is 24.6 Å². The van der Waals surface area contributed by atoms with Crippen LogP contribution in [0.5, 0.6) is 0 Å². The van der Waals surface area contributed by atoms with Crippen LogP contribution in [0.4, 0.5) is 5.69 Å². The minimum atomic E-state index is -3.26. The molecule has 0 radical (unpaired) electrons. The van der Waals surface area contributed by atoms with Gasteiger partial charge in [0.15, 0.2) is 18.2 Å². The van der Waals surface area contributed by atoms with Crippen LogP contribution in [0.25, 0.3) is 11.3 Å². The Labute approximate surface area is 225 Å². The molecular formula is C25H27ClN6O5S. The van der Waals surface area contributed by atoms with Crippen molar-refractivity contribution in [3.05, 3.63) is 61.1 Å². The van der Waals surface area contributed by atoms with Crippen LogP contribution in [-0.4, -0.2) is 69.8 Å². The molecule has 1 aromatic carbocycles. The van der Waals surface area contributed by atoms with Gasteiger partial charge in [-0.25, -0.2) is 17.7 Å². The van der Waals surface area contributed by atoms with Gasteiger partial charge in [0.1, 0.15) is 5.88 Å². The van der Waals surface area contributed by atoms with Gasteiger partial charge in [0.2, 0.25) is 21.8 Å². The van der Waals surface area contributed by atoms with Crippen LogP contribution in [0.1, 0.15) is 37.4 Å². The van der Waals surface area contributed by atoms with Crippen LogP contribution in [0, 0.1) is 0 Å². The summed E-state index contributed by atoms with van der Waals surface area (Å²) in [6.07, 6.45) is 9.64. The molecule has 3 heterocycles. The molecule has 1 aliphatic heterocycles. The fraction of sp³-hybridized carbons (Fsp3) is 0.400. The summed E-state index contributed by atoms with van der Waals surface area (Å²) in [5.41, 5.74) is 1.46. The Kier molecular flexibility index (Phi) is 7.73. The molecule has 1 saturated heterocycles. The van der Waals surface area contributed by atoms with Gasteiger partial charge >= 0.3 is 0 Å². The van der Waals surface area contributed by atoms with E-state index in [9.17, 15) is 18.0 Å². The number of carbonyl (C=O) groups is 2. The fourth-order valence-corrected chi connectivity index (χ4v) is 6.60. The Morgan fingerprint density at radius 2 is 1.82 bits per heavy atom. The Balaban J connectivity index is 1.38. The number of piperidine rings is 1. The van der Waals surface area contributed by atoms with Crippen LogP contribution in [0.3, 0.4) is 0 Å². The van der Waals surface area contributed by atoms with Crippen LogP contribution >= 0.6 is 11.6 Å². The van der Waals surface area contributed by atoms with E-state index in [1.807, 2.05) is 0 Å². The lowest BCUT2D eigenvalue weighted by Crippen LogP contribution is -2.51. The molecule has 1 atom stereocenters. The van der Waals surface area contributed by atoms with Crippen molar-refractivity contribution < 1.29 is 22.4 Å². The first-order chi connectivity index (χ1) is 18.4. The summed E-state index contributed by atoms with van der Waals surface area (Å²) in [7, 11) is -3.26. The minimum absolute atomic E-state index is 0.255. The minimum Gasteiger partial charge on any atom is -0.444 e. The van der Waals surface area contributed by atoms with Crippen LogP contribution < -0.4 is 10.2 Å². The maximum absolute atomic E-state index is 13.7. The van der Waals surface area contributed by atoms with Crippen molar-refractivity contribution in [3.63, 3.8) is 0 Å². The molecular weight excluding hydrogens is 532 g/mol. The maximum atomic E-state index is 13.7. The van der Waals surface area contributed by atoms with Crippen LogP contribution in [0.2, 0.25) is 0 Å². The molecule has 1 N–H and O–H groups in total. The van der Waals surface area contributed by atoms with Gasteiger partial charge in [0.25, 0.3) is 0 Å². The van der Waals surface area contributed by atoms with Crippen LogP contribution in [0.15, 0.2) is 59.9 Å². The quantitative estimate of drug-likeness (QED) is 0.395. The molecule has 2 amide bonds. The van der Waals surface area contributed by atoms with Gasteiger partial charge in [-0.3, -0.25) is 24.5 Å². The van der Waals surface area contributed by atoms with Crippen molar-refractivity contribution in [2.75, 3.05) is 23.9 Å². The number of halogens is 1. The molecule has 5 rings (SSSR count). The predicted octanol–water partition coefficient (Wildman–Crippen LogP) is 2.52. The lowest BCUT2D eigenvalue weighted by atomic mass is 10.0. The highest BCUT2D eigenvalue weighted by Crippen LogP contribution is 2.33. The van der Waals surface area contributed by atoms with Crippen LogP contribution in [-0.2, 0) is 19.6 Å². The number of benzene rings is 1. The first-order valence-electron chi connectivity index (χ1n) is 12.3. The van der Waals surface area contributed by atoms with Gasteiger partial charge in [-0.05, 0) is 49.9 Å².